The van der Waals surface area contributed by atoms with Crippen LogP contribution in [0.4, 0.5) is 13.2 Å². The lowest BCUT2D eigenvalue weighted by atomic mass is 9.75. The molecule has 1 aromatic rings. The number of sulfonamides is 1. The molecule has 0 unspecified atom stereocenters. The summed E-state index contributed by atoms with van der Waals surface area (Å²) in [6.07, 6.45) is -1.07. The van der Waals surface area contributed by atoms with Crippen molar-refractivity contribution in [3.63, 3.8) is 0 Å². The standard InChI is InChI=1S/C15H22N2O5S.C2HF3O2/c1-23(20,21)17-9-12-8-16(10-13-4-2-7-22-13)6-3-5-15(12,11-17)14(18)19;3-2(4,5)1(6)7/h2,4,7,12H,3,5-6,8-11H2,1H3,(H,18,19);(H,6,7)/t12-,15-;/m0./s1. The van der Waals surface area contributed by atoms with Gasteiger partial charge in [-0.05, 0) is 31.5 Å². The predicted molar refractivity (Wildman–Crippen MR) is 96.9 cm³/mol. The zero-order valence-electron chi connectivity index (χ0n) is 16.1. The Balaban J connectivity index is 0.000000396. The maximum atomic E-state index is 11.9. The molecule has 3 rings (SSSR count). The topological polar surface area (TPSA) is 128 Å². The smallest absolute Gasteiger partial charge is 0.481 e. The van der Waals surface area contributed by atoms with Crippen LogP contribution in [0.1, 0.15) is 18.6 Å². The van der Waals surface area contributed by atoms with E-state index in [0.717, 1.165) is 25.0 Å². The summed E-state index contributed by atoms with van der Waals surface area (Å²) in [6.45, 7) is 2.35. The van der Waals surface area contributed by atoms with Crippen molar-refractivity contribution in [1.82, 2.24) is 9.21 Å². The SMILES string of the molecule is CS(=O)(=O)N1C[C@@H]2CN(Cc3ccco3)CCC[C@]2(C(=O)O)C1.O=C(O)C(F)(F)F. The van der Waals surface area contributed by atoms with Gasteiger partial charge in [0.15, 0.2) is 0 Å². The number of carboxylic acids is 2. The highest BCUT2D eigenvalue weighted by atomic mass is 32.2. The van der Waals surface area contributed by atoms with Crippen LogP contribution in [0.3, 0.4) is 0 Å². The van der Waals surface area contributed by atoms with E-state index in [9.17, 15) is 31.5 Å². The number of hydrogen-bond acceptors (Lipinski definition) is 6. The molecule has 9 nitrogen and oxygen atoms in total. The predicted octanol–water partition coefficient (Wildman–Crippen LogP) is 1.47. The Labute approximate surface area is 171 Å². The van der Waals surface area contributed by atoms with Crippen LogP contribution in [0.2, 0.25) is 0 Å². The van der Waals surface area contributed by atoms with E-state index in [2.05, 4.69) is 4.90 Å². The first-order chi connectivity index (χ1) is 13.8. The van der Waals surface area contributed by atoms with Crippen molar-refractivity contribution in [3.05, 3.63) is 24.2 Å². The number of likely N-dealkylation sites (tertiary alicyclic amines) is 1. The van der Waals surface area contributed by atoms with E-state index in [1.807, 2.05) is 12.1 Å². The second-order valence-electron chi connectivity index (χ2n) is 7.43. The first-order valence-electron chi connectivity index (χ1n) is 8.99. The molecule has 0 saturated carbocycles. The molecule has 2 N–H and O–H groups in total. The minimum Gasteiger partial charge on any atom is -0.481 e. The Bertz CT molecular complexity index is 857. The fraction of sp³-hybridized carbons (Fsp3) is 0.647. The number of halogens is 3. The molecule has 13 heteroatoms. The highest BCUT2D eigenvalue weighted by Crippen LogP contribution is 2.43. The Hall–Kier alpha value is -2.12. The zero-order chi connectivity index (χ0) is 22.7. The molecule has 3 heterocycles. The molecule has 2 aliphatic rings. The van der Waals surface area contributed by atoms with Crippen LogP contribution in [0.15, 0.2) is 22.8 Å². The molecule has 0 amide bonds. The molecule has 30 heavy (non-hydrogen) atoms. The van der Waals surface area contributed by atoms with Gasteiger partial charge in [0.25, 0.3) is 0 Å². The number of hydrogen-bond donors (Lipinski definition) is 2. The van der Waals surface area contributed by atoms with E-state index in [-0.39, 0.29) is 19.0 Å². The highest BCUT2D eigenvalue weighted by molar-refractivity contribution is 7.88. The third-order valence-corrected chi connectivity index (χ3v) is 6.55. The van der Waals surface area contributed by atoms with Crippen LogP contribution < -0.4 is 0 Å². The summed E-state index contributed by atoms with van der Waals surface area (Å²) in [5.41, 5.74) is -0.971. The summed E-state index contributed by atoms with van der Waals surface area (Å²) in [6, 6.07) is 3.72. The fourth-order valence-corrected chi connectivity index (χ4v) is 4.75. The van der Waals surface area contributed by atoms with E-state index < -0.39 is 33.6 Å². The molecule has 0 spiro atoms. The lowest BCUT2D eigenvalue weighted by Gasteiger charge is -2.29. The number of alkyl halides is 3. The molecule has 0 aliphatic carbocycles. The molecule has 170 valence electrons. The second kappa shape index (κ2) is 8.94. The van der Waals surface area contributed by atoms with Gasteiger partial charge in [0.2, 0.25) is 10.0 Å². The Kier molecular flexibility index (Phi) is 7.20. The van der Waals surface area contributed by atoms with Gasteiger partial charge in [-0.1, -0.05) is 0 Å². The molecule has 2 fully saturated rings. The van der Waals surface area contributed by atoms with Crippen molar-refractivity contribution >= 4 is 22.0 Å². The van der Waals surface area contributed by atoms with E-state index in [0.29, 0.717) is 19.5 Å². The van der Waals surface area contributed by atoms with Crippen molar-refractivity contribution in [3.8, 4) is 0 Å². The number of furan rings is 1. The second-order valence-corrected chi connectivity index (χ2v) is 9.42. The van der Waals surface area contributed by atoms with Gasteiger partial charge in [-0.15, -0.1) is 0 Å². The molecule has 2 aliphatic heterocycles. The summed E-state index contributed by atoms with van der Waals surface area (Å²) in [5.74, 6) is -3.00. The van der Waals surface area contributed by atoms with Gasteiger partial charge in [-0.3, -0.25) is 9.69 Å². The molecule has 1 aromatic heterocycles. The molecule has 0 radical (unpaired) electrons. The van der Waals surface area contributed by atoms with Gasteiger partial charge in [0, 0.05) is 25.6 Å². The maximum absolute atomic E-state index is 11.9. The molecule has 0 aromatic carbocycles. The zero-order valence-corrected chi connectivity index (χ0v) is 16.9. The van der Waals surface area contributed by atoms with E-state index in [1.54, 1.807) is 6.26 Å². The van der Waals surface area contributed by atoms with Gasteiger partial charge in [0.1, 0.15) is 5.76 Å². The van der Waals surface area contributed by atoms with Gasteiger partial charge in [-0.25, -0.2) is 17.5 Å². The monoisotopic (exact) mass is 456 g/mol. The Morgan fingerprint density at radius 1 is 1.30 bits per heavy atom. The van der Waals surface area contributed by atoms with Crippen LogP contribution in [0.25, 0.3) is 0 Å². The number of fused-ring (bicyclic) bond motifs is 1. The minimum atomic E-state index is -5.08. The van der Waals surface area contributed by atoms with E-state index in [1.165, 1.54) is 4.31 Å². The number of carbonyl (C=O) groups is 2. The minimum absolute atomic E-state index is 0.0838. The summed E-state index contributed by atoms with van der Waals surface area (Å²) in [4.78, 5) is 23.0. The first kappa shape index (κ1) is 24.2. The van der Waals surface area contributed by atoms with Crippen LogP contribution in [0, 0.1) is 11.3 Å². The lowest BCUT2D eigenvalue weighted by Crippen LogP contribution is -2.41. The molecule has 2 saturated heterocycles. The van der Waals surface area contributed by atoms with Crippen molar-refractivity contribution in [2.75, 3.05) is 32.4 Å². The first-order valence-corrected chi connectivity index (χ1v) is 10.8. The third-order valence-electron chi connectivity index (χ3n) is 5.34. The number of aliphatic carboxylic acids is 2. The van der Waals surface area contributed by atoms with Crippen molar-refractivity contribution < 1.29 is 45.8 Å². The Morgan fingerprint density at radius 2 is 1.93 bits per heavy atom. The van der Waals surface area contributed by atoms with Crippen molar-refractivity contribution in [2.45, 2.75) is 25.6 Å². The summed E-state index contributed by atoms with van der Waals surface area (Å²) in [5, 5.41) is 16.9. The van der Waals surface area contributed by atoms with Gasteiger partial charge >= 0.3 is 18.1 Å². The largest absolute Gasteiger partial charge is 0.490 e. The van der Waals surface area contributed by atoms with Gasteiger partial charge in [-0.2, -0.15) is 13.2 Å². The molecular formula is C17H23F3N2O7S. The van der Waals surface area contributed by atoms with E-state index >= 15 is 0 Å². The number of carboxylic acid groups (broad SMARTS) is 2. The van der Waals surface area contributed by atoms with E-state index in [4.69, 9.17) is 14.3 Å². The van der Waals surface area contributed by atoms with Crippen LogP contribution in [0.5, 0.6) is 0 Å². The number of nitrogens with zero attached hydrogens (tertiary/aromatic N) is 2. The van der Waals surface area contributed by atoms with Gasteiger partial charge < -0.3 is 14.6 Å². The summed E-state index contributed by atoms with van der Waals surface area (Å²) < 4.78 is 62.2. The average molecular weight is 456 g/mol. The van der Waals surface area contributed by atoms with Gasteiger partial charge in [0.05, 0.1) is 24.5 Å². The van der Waals surface area contributed by atoms with Crippen LogP contribution >= 0.6 is 0 Å². The average Bonchev–Trinajstić information content (AvgIpc) is 3.19. The highest BCUT2D eigenvalue weighted by Gasteiger charge is 2.55. The maximum Gasteiger partial charge on any atom is 0.490 e. The third kappa shape index (κ3) is 5.73. The number of rotatable bonds is 4. The van der Waals surface area contributed by atoms with Crippen LogP contribution in [-0.2, 0) is 26.2 Å². The summed E-state index contributed by atoms with van der Waals surface area (Å²) >= 11 is 0. The van der Waals surface area contributed by atoms with Crippen molar-refractivity contribution in [1.29, 1.82) is 0 Å². The lowest BCUT2D eigenvalue weighted by molar-refractivity contribution is -0.192. The Morgan fingerprint density at radius 3 is 2.40 bits per heavy atom. The van der Waals surface area contributed by atoms with Crippen LogP contribution in [-0.4, -0.2) is 78.4 Å². The quantitative estimate of drug-likeness (QED) is 0.697. The molecule has 0 bridgehead atoms. The molecule has 2 atom stereocenters. The summed E-state index contributed by atoms with van der Waals surface area (Å²) in [7, 11) is -3.38. The van der Waals surface area contributed by atoms with Crippen molar-refractivity contribution in [2.24, 2.45) is 11.3 Å². The fourth-order valence-electron chi connectivity index (χ4n) is 3.83. The normalized spacial score (nSPS) is 25.7. The molecular weight excluding hydrogens is 433 g/mol.